The van der Waals surface area contributed by atoms with E-state index >= 15 is 0 Å². The summed E-state index contributed by atoms with van der Waals surface area (Å²) in [6.07, 6.45) is 1.86. The van der Waals surface area contributed by atoms with Crippen LogP contribution in [0.3, 0.4) is 0 Å². The van der Waals surface area contributed by atoms with E-state index in [0.717, 1.165) is 37.6 Å². The highest BCUT2D eigenvalue weighted by atomic mass is 15.4. The number of hydrogen-bond acceptors (Lipinski definition) is 3. The average Bonchev–Trinajstić information content (AvgIpc) is 2.60. The van der Waals surface area contributed by atoms with Crippen molar-refractivity contribution in [2.24, 2.45) is 0 Å². The molecule has 0 saturated heterocycles. The summed E-state index contributed by atoms with van der Waals surface area (Å²) >= 11 is 0. The van der Waals surface area contributed by atoms with Crippen LogP contribution < -0.4 is 5.32 Å². The molecule has 0 saturated carbocycles. The molecule has 1 unspecified atom stereocenters. The fourth-order valence-electron chi connectivity index (χ4n) is 1.66. The molecule has 0 spiro atoms. The van der Waals surface area contributed by atoms with Gasteiger partial charge in [-0.3, -0.25) is 0 Å². The van der Waals surface area contributed by atoms with Crippen molar-refractivity contribution in [2.75, 3.05) is 6.54 Å². The molecule has 15 heavy (non-hydrogen) atoms. The number of nitrogens with one attached hydrogen (secondary N) is 1. The Kier molecular flexibility index (Phi) is 4.75. The van der Waals surface area contributed by atoms with Gasteiger partial charge in [-0.15, -0.1) is 0 Å². The van der Waals surface area contributed by atoms with Crippen LogP contribution in [0.2, 0.25) is 0 Å². The summed E-state index contributed by atoms with van der Waals surface area (Å²) in [5, 5.41) is 7.87. The van der Waals surface area contributed by atoms with Crippen molar-refractivity contribution in [3.63, 3.8) is 0 Å². The maximum atomic E-state index is 4.49. The molecule has 1 atom stereocenters. The van der Waals surface area contributed by atoms with Gasteiger partial charge in [0.1, 0.15) is 5.82 Å². The summed E-state index contributed by atoms with van der Waals surface area (Å²) in [5.74, 6) is 2.05. The Bertz CT molecular complexity index is 293. The predicted molar refractivity (Wildman–Crippen MR) is 61.9 cm³/mol. The first-order chi connectivity index (χ1) is 7.21. The van der Waals surface area contributed by atoms with Gasteiger partial charge in [-0.2, -0.15) is 5.10 Å². The topological polar surface area (TPSA) is 42.7 Å². The minimum atomic E-state index is 0.451. The Balaban J connectivity index is 2.69. The molecule has 0 aliphatic rings. The van der Waals surface area contributed by atoms with Crippen LogP contribution in [0.25, 0.3) is 0 Å². The van der Waals surface area contributed by atoms with Crippen molar-refractivity contribution >= 4 is 0 Å². The van der Waals surface area contributed by atoms with Crippen LogP contribution in [-0.4, -0.2) is 27.4 Å². The van der Waals surface area contributed by atoms with Gasteiger partial charge in [-0.1, -0.05) is 20.8 Å². The molecule has 0 aliphatic carbocycles. The number of likely N-dealkylation sites (N-methyl/N-ethyl adjacent to an activating group) is 1. The lowest BCUT2D eigenvalue weighted by molar-refractivity contribution is 0.448. The third kappa shape index (κ3) is 3.30. The number of aromatic nitrogens is 3. The molecule has 1 heterocycles. The molecule has 1 N–H and O–H groups in total. The quantitative estimate of drug-likeness (QED) is 0.772. The Hall–Kier alpha value is -0.900. The van der Waals surface area contributed by atoms with E-state index < -0.39 is 0 Å². The van der Waals surface area contributed by atoms with Crippen molar-refractivity contribution in [1.29, 1.82) is 0 Å². The molecular weight excluding hydrogens is 188 g/mol. The molecule has 0 radical (unpaired) electrons. The van der Waals surface area contributed by atoms with Gasteiger partial charge in [0.05, 0.1) is 6.54 Å². The van der Waals surface area contributed by atoms with Crippen LogP contribution >= 0.6 is 0 Å². The van der Waals surface area contributed by atoms with E-state index in [-0.39, 0.29) is 0 Å². The average molecular weight is 210 g/mol. The van der Waals surface area contributed by atoms with Crippen molar-refractivity contribution < 1.29 is 0 Å². The standard InChI is InChI=1S/C11H22N4/c1-5-10-13-11(6-2)15(14-10)8-9(4)12-7-3/h9,12H,5-8H2,1-4H3. The lowest BCUT2D eigenvalue weighted by Crippen LogP contribution is -2.31. The second-order valence-corrected chi connectivity index (χ2v) is 3.79. The number of nitrogens with zero attached hydrogens (tertiary/aromatic N) is 3. The van der Waals surface area contributed by atoms with Crippen LogP contribution in [0.5, 0.6) is 0 Å². The van der Waals surface area contributed by atoms with Crippen molar-refractivity contribution in [3.05, 3.63) is 11.6 Å². The molecule has 1 aromatic rings. The van der Waals surface area contributed by atoms with E-state index in [1.54, 1.807) is 0 Å². The molecule has 0 amide bonds. The van der Waals surface area contributed by atoms with Crippen LogP contribution in [0.15, 0.2) is 0 Å². The largest absolute Gasteiger partial charge is 0.313 e. The number of hydrogen-bond donors (Lipinski definition) is 1. The SMILES string of the molecule is CCNC(C)Cn1nc(CC)nc1CC. The zero-order valence-electron chi connectivity index (χ0n) is 10.2. The van der Waals surface area contributed by atoms with Crippen molar-refractivity contribution in [1.82, 2.24) is 20.1 Å². The van der Waals surface area contributed by atoms with E-state index in [9.17, 15) is 0 Å². The van der Waals surface area contributed by atoms with Gasteiger partial charge in [-0.05, 0) is 13.5 Å². The third-order valence-corrected chi connectivity index (χ3v) is 2.42. The van der Waals surface area contributed by atoms with E-state index in [4.69, 9.17) is 0 Å². The highest BCUT2D eigenvalue weighted by Gasteiger charge is 2.09. The number of aryl methyl sites for hydroxylation is 2. The van der Waals surface area contributed by atoms with E-state index in [1.807, 2.05) is 4.68 Å². The second kappa shape index (κ2) is 5.85. The Morgan fingerprint density at radius 3 is 2.53 bits per heavy atom. The van der Waals surface area contributed by atoms with Crippen LogP contribution in [0, 0.1) is 0 Å². The van der Waals surface area contributed by atoms with Crippen molar-refractivity contribution in [3.8, 4) is 0 Å². The molecule has 4 heteroatoms. The van der Waals surface area contributed by atoms with E-state index in [2.05, 4.69) is 43.1 Å². The van der Waals surface area contributed by atoms with Gasteiger partial charge < -0.3 is 5.32 Å². The fourth-order valence-corrected chi connectivity index (χ4v) is 1.66. The maximum Gasteiger partial charge on any atom is 0.150 e. The lowest BCUT2D eigenvalue weighted by Gasteiger charge is -2.13. The smallest absolute Gasteiger partial charge is 0.150 e. The summed E-state index contributed by atoms with van der Waals surface area (Å²) < 4.78 is 2.03. The minimum Gasteiger partial charge on any atom is -0.313 e. The van der Waals surface area contributed by atoms with Crippen LogP contribution in [0.1, 0.15) is 39.3 Å². The van der Waals surface area contributed by atoms with Gasteiger partial charge in [0.2, 0.25) is 0 Å². The minimum absolute atomic E-state index is 0.451. The molecule has 0 fully saturated rings. The maximum absolute atomic E-state index is 4.49. The first kappa shape index (κ1) is 12.2. The fraction of sp³-hybridized carbons (Fsp3) is 0.818. The molecule has 86 valence electrons. The van der Waals surface area contributed by atoms with Crippen LogP contribution in [-0.2, 0) is 19.4 Å². The Labute approximate surface area is 92.1 Å². The van der Waals surface area contributed by atoms with Gasteiger partial charge in [0.15, 0.2) is 5.82 Å². The third-order valence-electron chi connectivity index (χ3n) is 2.42. The predicted octanol–water partition coefficient (Wildman–Crippen LogP) is 1.40. The zero-order valence-corrected chi connectivity index (χ0v) is 10.2. The Morgan fingerprint density at radius 1 is 1.27 bits per heavy atom. The van der Waals surface area contributed by atoms with Gasteiger partial charge in [-0.25, -0.2) is 9.67 Å². The van der Waals surface area contributed by atoms with E-state index in [1.165, 1.54) is 0 Å². The highest BCUT2D eigenvalue weighted by molar-refractivity contribution is 4.93. The first-order valence-electron chi connectivity index (χ1n) is 5.87. The van der Waals surface area contributed by atoms with Crippen molar-refractivity contribution in [2.45, 2.75) is 53.1 Å². The number of rotatable bonds is 6. The molecule has 0 bridgehead atoms. The van der Waals surface area contributed by atoms with E-state index in [0.29, 0.717) is 6.04 Å². The van der Waals surface area contributed by atoms with Crippen LogP contribution in [0.4, 0.5) is 0 Å². The summed E-state index contributed by atoms with van der Waals surface area (Å²) in [7, 11) is 0. The second-order valence-electron chi connectivity index (χ2n) is 3.79. The summed E-state index contributed by atoms with van der Waals surface area (Å²) in [5.41, 5.74) is 0. The summed E-state index contributed by atoms with van der Waals surface area (Å²) in [6, 6.07) is 0.451. The summed E-state index contributed by atoms with van der Waals surface area (Å²) in [6.45, 7) is 10.4. The molecule has 0 aromatic carbocycles. The summed E-state index contributed by atoms with van der Waals surface area (Å²) in [4.78, 5) is 4.48. The van der Waals surface area contributed by atoms with Gasteiger partial charge >= 0.3 is 0 Å². The molecular formula is C11H22N4. The Morgan fingerprint density at radius 2 is 2.00 bits per heavy atom. The zero-order chi connectivity index (χ0) is 11.3. The molecule has 4 nitrogen and oxygen atoms in total. The molecule has 1 aromatic heterocycles. The monoisotopic (exact) mass is 210 g/mol. The van der Waals surface area contributed by atoms with Gasteiger partial charge in [0, 0.05) is 18.9 Å². The van der Waals surface area contributed by atoms with Gasteiger partial charge in [0.25, 0.3) is 0 Å². The normalized spacial score (nSPS) is 13.1. The molecule has 0 aliphatic heterocycles. The molecule has 1 rings (SSSR count). The highest BCUT2D eigenvalue weighted by Crippen LogP contribution is 2.02. The lowest BCUT2D eigenvalue weighted by atomic mass is 10.3. The first-order valence-corrected chi connectivity index (χ1v) is 5.87.